The zero-order chi connectivity index (χ0) is 23.0. The van der Waals surface area contributed by atoms with Gasteiger partial charge in [0.2, 0.25) is 0 Å². The van der Waals surface area contributed by atoms with Crippen LogP contribution in [0.1, 0.15) is 6.42 Å². The van der Waals surface area contributed by atoms with E-state index in [1.54, 1.807) is 18.2 Å². The third kappa shape index (κ3) is 5.07. The molecule has 2 aromatic carbocycles. The molecule has 11 heteroatoms. The Hall–Kier alpha value is -1.78. The largest absolute Gasteiger partial charge is 0.490 e. The number of hydrogen-bond donors (Lipinski definition) is 1. The standard InChI is InChI=1S/C21H18BCl2FN2O3S2/c1-27-7-6-14(11-27)30-19-9-13(3-4-16(19)22)26-32(28,29)20-10-15(21(24)31-20)12-2-5-18(25)17(23)8-12/h2-5,8-10,14,26H,6-7,11H2,1H3/t14-/m1/s1. The third-order valence-corrected chi connectivity index (χ3v) is 8.57. The maximum atomic E-state index is 13.5. The number of likely N-dealkylation sites (N-methyl/N-ethyl adjacent to an activating group) is 1. The van der Waals surface area contributed by atoms with Gasteiger partial charge in [0, 0.05) is 24.7 Å². The molecule has 3 aromatic rings. The summed E-state index contributed by atoms with van der Waals surface area (Å²) in [6, 6.07) is 10.3. The quantitative estimate of drug-likeness (QED) is 0.494. The van der Waals surface area contributed by atoms with Gasteiger partial charge >= 0.3 is 0 Å². The van der Waals surface area contributed by atoms with Crippen LogP contribution < -0.4 is 14.9 Å². The average Bonchev–Trinajstić information content (AvgIpc) is 3.32. The molecular weight excluding hydrogens is 493 g/mol. The molecule has 1 aromatic heterocycles. The Morgan fingerprint density at radius 1 is 1.22 bits per heavy atom. The van der Waals surface area contributed by atoms with Crippen LogP contribution in [0.15, 0.2) is 46.7 Å². The lowest BCUT2D eigenvalue weighted by Gasteiger charge is -2.17. The van der Waals surface area contributed by atoms with E-state index in [9.17, 15) is 12.8 Å². The van der Waals surface area contributed by atoms with Gasteiger partial charge in [0.1, 0.15) is 34.1 Å². The number of thiophene rings is 1. The Bertz CT molecular complexity index is 1270. The molecule has 4 rings (SSSR count). The minimum Gasteiger partial charge on any atom is -0.490 e. The summed E-state index contributed by atoms with van der Waals surface area (Å²) in [7, 11) is 4.10. The highest BCUT2D eigenvalue weighted by Crippen LogP contribution is 2.39. The van der Waals surface area contributed by atoms with Gasteiger partial charge in [-0.25, -0.2) is 12.8 Å². The summed E-state index contributed by atoms with van der Waals surface area (Å²) >= 11 is 13.0. The van der Waals surface area contributed by atoms with Gasteiger partial charge in [0.05, 0.1) is 10.7 Å². The molecule has 0 amide bonds. The molecule has 1 saturated heterocycles. The van der Waals surface area contributed by atoms with Crippen LogP contribution in [0, 0.1) is 5.82 Å². The average molecular weight is 511 g/mol. The monoisotopic (exact) mass is 510 g/mol. The van der Waals surface area contributed by atoms with Crippen molar-refractivity contribution in [3.05, 3.63) is 57.6 Å². The summed E-state index contributed by atoms with van der Waals surface area (Å²) in [5.74, 6) is -0.141. The van der Waals surface area contributed by atoms with Crippen molar-refractivity contribution in [2.75, 3.05) is 24.9 Å². The van der Waals surface area contributed by atoms with Crippen molar-refractivity contribution in [3.63, 3.8) is 0 Å². The summed E-state index contributed by atoms with van der Waals surface area (Å²) in [6.07, 6.45) is 0.866. The Kier molecular flexibility index (Phi) is 6.74. The number of nitrogens with one attached hydrogen (secondary N) is 1. The summed E-state index contributed by atoms with van der Waals surface area (Å²) in [5.41, 5.74) is 1.71. The number of rotatable bonds is 6. The van der Waals surface area contributed by atoms with Crippen molar-refractivity contribution in [1.29, 1.82) is 0 Å². The maximum absolute atomic E-state index is 13.5. The molecule has 1 fully saturated rings. The topological polar surface area (TPSA) is 58.6 Å². The Labute approximate surface area is 201 Å². The molecule has 0 aliphatic carbocycles. The summed E-state index contributed by atoms with van der Waals surface area (Å²) in [4.78, 5) is 2.15. The molecule has 1 aliphatic rings. The molecule has 0 spiro atoms. The second-order valence-corrected chi connectivity index (χ2v) is 11.5. The molecule has 0 bridgehead atoms. The summed E-state index contributed by atoms with van der Waals surface area (Å²) in [5, 5.41) is -0.0739. The normalized spacial score (nSPS) is 16.9. The van der Waals surface area contributed by atoms with Gasteiger partial charge in [-0.05, 0) is 43.3 Å². The first-order valence-electron chi connectivity index (χ1n) is 9.64. The van der Waals surface area contributed by atoms with Crippen molar-refractivity contribution in [2.45, 2.75) is 16.7 Å². The highest BCUT2D eigenvalue weighted by Gasteiger charge is 2.23. The molecule has 32 heavy (non-hydrogen) atoms. The number of sulfonamides is 1. The van der Waals surface area contributed by atoms with Crippen molar-refractivity contribution < 1.29 is 17.5 Å². The molecule has 166 valence electrons. The van der Waals surface area contributed by atoms with Crippen LogP contribution in [0.25, 0.3) is 11.1 Å². The fourth-order valence-corrected chi connectivity index (χ4v) is 6.41. The van der Waals surface area contributed by atoms with E-state index in [1.165, 1.54) is 24.3 Å². The predicted octanol–water partition coefficient (Wildman–Crippen LogP) is 4.54. The zero-order valence-corrected chi connectivity index (χ0v) is 20.1. The minimum absolute atomic E-state index is 0.00430. The number of halogens is 3. The van der Waals surface area contributed by atoms with E-state index >= 15 is 0 Å². The predicted molar refractivity (Wildman–Crippen MR) is 129 cm³/mol. The van der Waals surface area contributed by atoms with Gasteiger partial charge in [-0.3, -0.25) is 4.72 Å². The smallest absolute Gasteiger partial charge is 0.271 e. The van der Waals surface area contributed by atoms with E-state index in [4.69, 9.17) is 35.8 Å². The number of likely N-dealkylation sites (tertiary alicyclic amines) is 1. The van der Waals surface area contributed by atoms with Gasteiger partial charge < -0.3 is 9.64 Å². The first-order valence-corrected chi connectivity index (χ1v) is 12.7. The van der Waals surface area contributed by atoms with Gasteiger partial charge in [-0.15, -0.1) is 11.3 Å². The van der Waals surface area contributed by atoms with Crippen molar-refractivity contribution >= 4 is 63.6 Å². The first-order chi connectivity index (χ1) is 15.1. The van der Waals surface area contributed by atoms with E-state index < -0.39 is 15.8 Å². The molecule has 0 unspecified atom stereocenters. The highest BCUT2D eigenvalue weighted by atomic mass is 35.5. The van der Waals surface area contributed by atoms with E-state index in [1.807, 2.05) is 7.05 Å². The molecule has 5 nitrogen and oxygen atoms in total. The molecular formula is C21H18BCl2FN2O3S2. The van der Waals surface area contributed by atoms with Crippen LogP contribution in [0.3, 0.4) is 0 Å². The number of anilines is 1. The molecule has 1 aliphatic heterocycles. The molecule has 0 saturated carbocycles. The van der Waals surface area contributed by atoms with Crippen LogP contribution in [0.5, 0.6) is 5.75 Å². The van der Waals surface area contributed by atoms with Gasteiger partial charge in [-0.2, -0.15) is 0 Å². The minimum atomic E-state index is -3.93. The van der Waals surface area contributed by atoms with Crippen molar-refractivity contribution in [1.82, 2.24) is 4.90 Å². The maximum Gasteiger partial charge on any atom is 0.271 e. The van der Waals surface area contributed by atoms with E-state index in [2.05, 4.69) is 9.62 Å². The second kappa shape index (κ2) is 9.23. The summed E-state index contributed by atoms with van der Waals surface area (Å²) in [6.45, 7) is 1.71. The van der Waals surface area contributed by atoms with Gasteiger partial charge in [0.25, 0.3) is 10.0 Å². The number of ether oxygens (including phenoxy) is 1. The lowest BCUT2D eigenvalue weighted by molar-refractivity contribution is 0.210. The van der Waals surface area contributed by atoms with Gasteiger partial charge in [-0.1, -0.05) is 40.8 Å². The molecule has 2 radical (unpaired) electrons. The lowest BCUT2D eigenvalue weighted by Crippen LogP contribution is -2.24. The first kappa shape index (κ1) is 23.4. The third-order valence-electron chi connectivity index (χ3n) is 5.07. The van der Waals surface area contributed by atoms with Crippen molar-refractivity contribution in [2.24, 2.45) is 0 Å². The van der Waals surface area contributed by atoms with Crippen LogP contribution in [0.4, 0.5) is 10.1 Å². The Morgan fingerprint density at radius 3 is 2.69 bits per heavy atom. The Morgan fingerprint density at radius 2 is 2.00 bits per heavy atom. The molecule has 2 heterocycles. The van der Waals surface area contributed by atoms with E-state index in [0.717, 1.165) is 30.8 Å². The second-order valence-electron chi connectivity index (χ2n) is 7.53. The van der Waals surface area contributed by atoms with Crippen LogP contribution in [-0.2, 0) is 10.0 Å². The van der Waals surface area contributed by atoms with Crippen LogP contribution in [0.2, 0.25) is 9.36 Å². The van der Waals surface area contributed by atoms with Gasteiger partial charge in [0.15, 0.2) is 0 Å². The molecule has 1 atom stereocenters. The lowest BCUT2D eigenvalue weighted by atomic mass is 9.95. The fourth-order valence-electron chi connectivity index (χ4n) is 3.42. The van der Waals surface area contributed by atoms with E-state index in [-0.39, 0.29) is 19.7 Å². The Balaban J connectivity index is 1.57. The van der Waals surface area contributed by atoms with Crippen LogP contribution >= 0.6 is 34.5 Å². The molecule has 1 N–H and O–H groups in total. The summed E-state index contributed by atoms with van der Waals surface area (Å²) < 4.78 is 48.2. The highest BCUT2D eigenvalue weighted by molar-refractivity contribution is 7.94. The SMILES string of the molecule is [B]c1ccc(NS(=O)(=O)c2cc(-c3ccc(F)c(Cl)c3)c(Cl)s2)cc1O[C@@H]1CCN(C)C1. The number of benzene rings is 2. The van der Waals surface area contributed by atoms with E-state index in [0.29, 0.717) is 28.0 Å². The fraction of sp³-hybridized carbons (Fsp3) is 0.238. The number of nitrogens with zero attached hydrogens (tertiary/aromatic N) is 1. The van der Waals surface area contributed by atoms with Crippen LogP contribution in [-0.4, -0.2) is 47.4 Å². The zero-order valence-electron chi connectivity index (χ0n) is 16.9. The number of hydrogen-bond acceptors (Lipinski definition) is 5. The van der Waals surface area contributed by atoms with Crippen molar-refractivity contribution in [3.8, 4) is 16.9 Å².